The fraction of sp³-hybridized carbons (Fsp3) is 0.100. The van der Waals surface area contributed by atoms with Gasteiger partial charge in [0.05, 0.1) is 10.7 Å². The molecule has 0 radical (unpaired) electrons. The third kappa shape index (κ3) is 1.55. The lowest BCUT2D eigenvalue weighted by Gasteiger charge is -2.04. The first-order valence-corrected chi connectivity index (χ1v) is 4.89. The Labute approximate surface area is 96.7 Å². The second-order valence-corrected chi connectivity index (χ2v) is 3.78. The van der Waals surface area contributed by atoms with Crippen LogP contribution in [0.4, 0.5) is 5.82 Å². The van der Waals surface area contributed by atoms with Crippen LogP contribution in [0.2, 0.25) is 5.02 Å². The number of nitrogen functional groups attached to an aromatic ring is 1. The molecule has 4 N–H and O–H groups in total. The largest absolute Gasteiger partial charge is 0.504 e. The Balaban J connectivity index is 2.61. The number of halogens is 1. The normalized spacial score (nSPS) is 10.6. The van der Waals surface area contributed by atoms with Gasteiger partial charge >= 0.3 is 0 Å². The van der Waals surface area contributed by atoms with Crippen molar-refractivity contribution in [3.63, 3.8) is 0 Å². The van der Waals surface area contributed by atoms with Crippen molar-refractivity contribution in [1.29, 1.82) is 0 Å². The maximum atomic E-state index is 9.71. The molecule has 84 valence electrons. The predicted molar refractivity (Wildman–Crippen MR) is 61.4 cm³/mol. The molecule has 5 nitrogen and oxygen atoms in total. The smallest absolute Gasteiger partial charge is 0.177 e. The number of phenolic OH excluding ortho intramolecular Hbond substituents is 2. The third-order valence-corrected chi connectivity index (χ3v) is 2.60. The van der Waals surface area contributed by atoms with Crippen molar-refractivity contribution in [2.75, 3.05) is 5.73 Å². The van der Waals surface area contributed by atoms with Gasteiger partial charge in [0, 0.05) is 18.7 Å². The van der Waals surface area contributed by atoms with Gasteiger partial charge in [-0.3, -0.25) is 4.68 Å². The zero-order valence-corrected chi connectivity index (χ0v) is 9.23. The van der Waals surface area contributed by atoms with Crippen molar-refractivity contribution in [3.05, 3.63) is 23.2 Å². The third-order valence-electron chi connectivity index (χ3n) is 2.29. The molecule has 2 rings (SSSR count). The van der Waals surface area contributed by atoms with Crippen LogP contribution in [-0.2, 0) is 7.05 Å². The van der Waals surface area contributed by atoms with E-state index in [9.17, 15) is 10.2 Å². The number of anilines is 1. The lowest BCUT2D eigenvalue weighted by Crippen LogP contribution is -1.96. The number of hydrogen-bond acceptors (Lipinski definition) is 4. The van der Waals surface area contributed by atoms with Crippen molar-refractivity contribution in [1.82, 2.24) is 9.78 Å². The van der Waals surface area contributed by atoms with Gasteiger partial charge in [0.25, 0.3) is 0 Å². The van der Waals surface area contributed by atoms with Crippen LogP contribution < -0.4 is 5.73 Å². The number of phenols is 2. The van der Waals surface area contributed by atoms with Gasteiger partial charge in [-0.05, 0) is 12.1 Å². The Hall–Kier alpha value is -1.88. The van der Waals surface area contributed by atoms with E-state index in [0.717, 1.165) is 0 Å². The van der Waals surface area contributed by atoms with E-state index in [1.807, 2.05) is 0 Å². The average Bonchev–Trinajstić information content (AvgIpc) is 2.56. The second-order valence-electron chi connectivity index (χ2n) is 3.37. The summed E-state index contributed by atoms with van der Waals surface area (Å²) < 4.78 is 1.47. The average molecular weight is 240 g/mol. The minimum absolute atomic E-state index is 0.0881. The molecule has 0 amide bonds. The van der Waals surface area contributed by atoms with Crippen LogP contribution in [0.1, 0.15) is 0 Å². The summed E-state index contributed by atoms with van der Waals surface area (Å²) in [6.07, 6.45) is 0. The molecule has 0 fully saturated rings. The van der Waals surface area contributed by atoms with Crippen LogP contribution in [0.15, 0.2) is 18.2 Å². The zero-order chi connectivity index (χ0) is 11.9. The molecule has 0 atom stereocenters. The highest BCUT2D eigenvalue weighted by molar-refractivity contribution is 6.32. The summed E-state index contributed by atoms with van der Waals surface area (Å²) in [7, 11) is 1.69. The summed E-state index contributed by atoms with van der Waals surface area (Å²) in [6, 6.07) is 4.65. The maximum Gasteiger partial charge on any atom is 0.177 e. The molecule has 0 saturated heterocycles. The molecule has 0 bridgehead atoms. The molecule has 1 aromatic heterocycles. The monoisotopic (exact) mass is 239 g/mol. The number of aromatic hydroxyl groups is 2. The number of nitrogens with two attached hydrogens (primary N) is 1. The fourth-order valence-electron chi connectivity index (χ4n) is 1.38. The quantitative estimate of drug-likeness (QED) is 0.662. The molecular weight excluding hydrogens is 230 g/mol. The van der Waals surface area contributed by atoms with Crippen LogP contribution in [-0.4, -0.2) is 20.0 Å². The Morgan fingerprint density at radius 1 is 1.31 bits per heavy atom. The highest BCUT2D eigenvalue weighted by Crippen LogP contribution is 2.40. The fourth-order valence-corrected chi connectivity index (χ4v) is 1.53. The van der Waals surface area contributed by atoms with Crippen molar-refractivity contribution in [3.8, 4) is 22.8 Å². The zero-order valence-electron chi connectivity index (χ0n) is 8.48. The standard InChI is InChI=1S/C10H10ClN3O2/c1-14-8(12)4-7(13-14)5-2-3-6(11)10(16)9(5)15/h2-4,15-16H,12H2,1H3. The summed E-state index contributed by atoms with van der Waals surface area (Å²) in [5.41, 5.74) is 6.49. The minimum atomic E-state index is -0.358. The van der Waals surface area contributed by atoms with Crippen LogP contribution in [0.5, 0.6) is 11.5 Å². The van der Waals surface area contributed by atoms with Crippen molar-refractivity contribution < 1.29 is 10.2 Å². The van der Waals surface area contributed by atoms with Gasteiger partial charge in [0.2, 0.25) is 0 Å². The molecule has 6 heteroatoms. The van der Waals surface area contributed by atoms with E-state index in [1.165, 1.54) is 10.7 Å². The van der Waals surface area contributed by atoms with Gasteiger partial charge in [-0.1, -0.05) is 11.6 Å². The topological polar surface area (TPSA) is 84.3 Å². The summed E-state index contributed by atoms with van der Waals surface area (Å²) >= 11 is 5.65. The Bertz CT molecular complexity index is 532. The van der Waals surface area contributed by atoms with E-state index in [1.54, 1.807) is 19.2 Å². The first-order chi connectivity index (χ1) is 7.50. The van der Waals surface area contributed by atoms with Crippen LogP contribution in [0, 0.1) is 0 Å². The molecule has 16 heavy (non-hydrogen) atoms. The molecule has 0 unspecified atom stereocenters. The summed E-state index contributed by atoms with van der Waals surface area (Å²) in [6.45, 7) is 0. The van der Waals surface area contributed by atoms with E-state index in [4.69, 9.17) is 17.3 Å². The molecule has 0 aliphatic rings. The number of nitrogens with zero attached hydrogens (tertiary/aromatic N) is 2. The van der Waals surface area contributed by atoms with Gasteiger partial charge in [0.1, 0.15) is 5.82 Å². The predicted octanol–water partition coefficient (Wildman–Crippen LogP) is 1.73. The summed E-state index contributed by atoms with van der Waals surface area (Å²) in [5, 5.41) is 23.4. The Kier molecular flexibility index (Phi) is 2.40. The van der Waals surface area contributed by atoms with Crippen LogP contribution >= 0.6 is 11.6 Å². The van der Waals surface area contributed by atoms with Crippen LogP contribution in [0.3, 0.4) is 0 Å². The highest BCUT2D eigenvalue weighted by atomic mass is 35.5. The van der Waals surface area contributed by atoms with Crippen molar-refractivity contribution in [2.45, 2.75) is 0 Å². The highest BCUT2D eigenvalue weighted by Gasteiger charge is 2.14. The van der Waals surface area contributed by atoms with Crippen molar-refractivity contribution >= 4 is 17.4 Å². The summed E-state index contributed by atoms with van der Waals surface area (Å²) in [4.78, 5) is 0. The molecule has 0 aliphatic carbocycles. The van der Waals surface area contributed by atoms with Crippen molar-refractivity contribution in [2.24, 2.45) is 7.05 Å². The molecule has 2 aromatic rings. The van der Waals surface area contributed by atoms with E-state index < -0.39 is 0 Å². The van der Waals surface area contributed by atoms with Gasteiger partial charge in [-0.15, -0.1) is 0 Å². The van der Waals surface area contributed by atoms with E-state index >= 15 is 0 Å². The van der Waals surface area contributed by atoms with Crippen LogP contribution in [0.25, 0.3) is 11.3 Å². The molecule has 1 aromatic carbocycles. The Morgan fingerprint density at radius 2 is 2.00 bits per heavy atom. The number of aromatic nitrogens is 2. The lowest BCUT2D eigenvalue weighted by atomic mass is 10.1. The number of aryl methyl sites for hydroxylation is 1. The molecule has 1 heterocycles. The Morgan fingerprint density at radius 3 is 2.56 bits per heavy atom. The number of benzene rings is 1. The second kappa shape index (κ2) is 3.61. The summed E-state index contributed by atoms with van der Waals surface area (Å²) in [5.74, 6) is -0.196. The van der Waals surface area contributed by atoms with Gasteiger partial charge in [0.15, 0.2) is 11.5 Å². The first kappa shape index (κ1) is 10.6. The minimum Gasteiger partial charge on any atom is -0.504 e. The van der Waals surface area contributed by atoms with Gasteiger partial charge < -0.3 is 15.9 Å². The van der Waals surface area contributed by atoms with E-state index in [0.29, 0.717) is 17.1 Å². The van der Waals surface area contributed by atoms with Gasteiger partial charge in [-0.25, -0.2) is 0 Å². The molecular formula is C10H10ClN3O2. The lowest BCUT2D eigenvalue weighted by molar-refractivity contribution is 0.405. The molecule has 0 spiro atoms. The SMILES string of the molecule is Cn1nc(-c2ccc(Cl)c(O)c2O)cc1N. The number of hydrogen-bond donors (Lipinski definition) is 3. The van der Waals surface area contributed by atoms with E-state index in [-0.39, 0.29) is 16.5 Å². The van der Waals surface area contributed by atoms with E-state index in [2.05, 4.69) is 5.10 Å². The number of rotatable bonds is 1. The maximum absolute atomic E-state index is 9.71. The molecule has 0 saturated carbocycles. The van der Waals surface area contributed by atoms with Gasteiger partial charge in [-0.2, -0.15) is 5.10 Å². The molecule has 0 aliphatic heterocycles. The first-order valence-electron chi connectivity index (χ1n) is 4.51.